The van der Waals surface area contributed by atoms with Gasteiger partial charge in [-0.3, -0.25) is 19.2 Å². The normalized spacial score (nSPS) is 12.3. The van der Waals surface area contributed by atoms with Crippen LogP contribution in [0.1, 0.15) is 48.4 Å². The highest BCUT2D eigenvalue weighted by Crippen LogP contribution is 2.30. The fraction of sp³-hybridized carbons (Fsp3) is 0.0417. The van der Waals surface area contributed by atoms with Crippen LogP contribution in [-0.4, -0.2) is 34.8 Å². The molecule has 0 bridgehead atoms. The lowest BCUT2D eigenvalue weighted by Crippen LogP contribution is -2.29. The van der Waals surface area contributed by atoms with Crippen LogP contribution in [0.15, 0.2) is 66.7 Å². The second-order valence-electron chi connectivity index (χ2n) is 7.13. The molecule has 0 fully saturated rings. The molecule has 0 radical (unpaired) electrons. The predicted molar refractivity (Wildman–Crippen MR) is 117 cm³/mol. The Morgan fingerprint density at radius 3 is 2.03 bits per heavy atom. The van der Waals surface area contributed by atoms with Gasteiger partial charge in [0, 0.05) is 18.2 Å². The van der Waals surface area contributed by atoms with Crippen molar-refractivity contribution in [2.24, 2.45) is 0 Å². The van der Waals surface area contributed by atoms with Gasteiger partial charge in [-0.25, -0.2) is 9.69 Å². The molecule has 4 rings (SSSR count). The summed E-state index contributed by atoms with van der Waals surface area (Å²) in [5.74, 6) is -2.95. The third-order valence-corrected chi connectivity index (χ3v) is 4.89. The number of nitrogens with one attached hydrogen (secondary N) is 1. The number of esters is 1. The van der Waals surface area contributed by atoms with Crippen LogP contribution >= 0.6 is 0 Å². The fourth-order valence-corrected chi connectivity index (χ4v) is 3.35. The summed E-state index contributed by atoms with van der Waals surface area (Å²) in [5, 5.41) is 11.6. The molecule has 2 N–H and O–H groups in total. The summed E-state index contributed by atoms with van der Waals surface area (Å²) in [6.07, 6.45) is 0. The summed E-state index contributed by atoms with van der Waals surface area (Å²) in [5.41, 5.74) is 1.15. The zero-order valence-corrected chi connectivity index (χ0v) is 17.2. The molecule has 1 aliphatic heterocycles. The maximum atomic E-state index is 12.9. The first-order valence-electron chi connectivity index (χ1n) is 9.70. The number of carboxylic acids is 1. The Hall–Kier alpha value is -4.79. The molecule has 3 aromatic carbocycles. The van der Waals surface area contributed by atoms with E-state index in [9.17, 15) is 24.0 Å². The lowest BCUT2D eigenvalue weighted by atomic mass is 10.1. The Bertz CT molecular complexity index is 1310. The number of aromatic carboxylic acids is 1. The molecule has 9 heteroatoms. The lowest BCUT2D eigenvalue weighted by molar-refractivity contribution is -0.131. The van der Waals surface area contributed by atoms with E-state index in [2.05, 4.69) is 5.32 Å². The highest BCUT2D eigenvalue weighted by atomic mass is 16.5. The van der Waals surface area contributed by atoms with Crippen molar-refractivity contribution in [3.8, 4) is 5.75 Å². The average molecular weight is 444 g/mol. The number of benzene rings is 3. The second kappa shape index (κ2) is 8.39. The number of hydrogen-bond donors (Lipinski definition) is 2. The molecular weight excluding hydrogens is 428 g/mol. The Balaban J connectivity index is 1.55. The maximum absolute atomic E-state index is 12.9. The molecule has 3 aromatic rings. The highest BCUT2D eigenvalue weighted by Gasteiger charge is 2.37. The SMILES string of the molecule is CC(=O)Oc1ccc(N2C(=O)c3ccc(C(=O)Nc4ccc(C(=O)O)cc4)cc3C2=O)cc1. The Kier molecular flexibility index (Phi) is 5.45. The molecule has 3 amide bonds. The van der Waals surface area contributed by atoms with E-state index in [-0.39, 0.29) is 28.0 Å². The minimum atomic E-state index is -1.08. The van der Waals surface area contributed by atoms with Crippen molar-refractivity contribution in [1.82, 2.24) is 0 Å². The van der Waals surface area contributed by atoms with Crippen LogP contribution in [0.2, 0.25) is 0 Å². The number of amides is 3. The van der Waals surface area contributed by atoms with Crippen molar-refractivity contribution in [3.63, 3.8) is 0 Å². The van der Waals surface area contributed by atoms with Crippen molar-refractivity contribution in [2.45, 2.75) is 6.92 Å². The van der Waals surface area contributed by atoms with Crippen molar-refractivity contribution in [3.05, 3.63) is 89.0 Å². The number of nitrogens with zero attached hydrogens (tertiary/aromatic N) is 1. The van der Waals surface area contributed by atoms with Gasteiger partial charge in [-0.15, -0.1) is 0 Å². The molecule has 0 saturated carbocycles. The first-order chi connectivity index (χ1) is 15.7. The monoisotopic (exact) mass is 444 g/mol. The maximum Gasteiger partial charge on any atom is 0.335 e. The number of carbonyl (C=O) groups excluding carboxylic acids is 4. The fourth-order valence-electron chi connectivity index (χ4n) is 3.35. The smallest absolute Gasteiger partial charge is 0.335 e. The molecule has 9 nitrogen and oxygen atoms in total. The summed E-state index contributed by atoms with van der Waals surface area (Å²) in [7, 11) is 0. The Morgan fingerprint density at radius 2 is 1.42 bits per heavy atom. The number of imide groups is 1. The van der Waals surface area contributed by atoms with Crippen molar-refractivity contribution < 1.29 is 33.8 Å². The molecule has 0 unspecified atom stereocenters. The van der Waals surface area contributed by atoms with Crippen molar-refractivity contribution in [1.29, 1.82) is 0 Å². The summed E-state index contributed by atoms with van der Waals surface area (Å²) in [6.45, 7) is 1.26. The van der Waals surface area contributed by atoms with Gasteiger partial charge < -0.3 is 15.2 Å². The topological polar surface area (TPSA) is 130 Å². The summed E-state index contributed by atoms with van der Waals surface area (Å²) >= 11 is 0. The third kappa shape index (κ3) is 4.19. The van der Waals surface area contributed by atoms with E-state index in [1.54, 1.807) is 0 Å². The first kappa shape index (κ1) is 21.4. The molecule has 0 spiro atoms. The van der Waals surface area contributed by atoms with Gasteiger partial charge in [-0.1, -0.05) is 0 Å². The van der Waals surface area contributed by atoms with Crippen LogP contribution in [0.4, 0.5) is 11.4 Å². The molecule has 1 heterocycles. The molecule has 0 aromatic heterocycles. The van der Waals surface area contributed by atoms with E-state index >= 15 is 0 Å². The molecular formula is C24H16N2O7. The van der Waals surface area contributed by atoms with Gasteiger partial charge in [0.2, 0.25) is 0 Å². The summed E-state index contributed by atoms with van der Waals surface area (Å²) in [4.78, 5) is 61.3. The van der Waals surface area contributed by atoms with E-state index in [0.717, 1.165) is 4.90 Å². The minimum absolute atomic E-state index is 0.0793. The van der Waals surface area contributed by atoms with Crippen LogP contribution in [0.25, 0.3) is 0 Å². The van der Waals surface area contributed by atoms with E-state index in [4.69, 9.17) is 9.84 Å². The van der Waals surface area contributed by atoms with Gasteiger partial charge in [0.25, 0.3) is 17.7 Å². The van der Waals surface area contributed by atoms with Gasteiger partial charge in [0.1, 0.15) is 5.75 Å². The predicted octanol–water partition coefficient (Wildman–Crippen LogP) is 3.36. The zero-order valence-electron chi connectivity index (χ0n) is 17.2. The summed E-state index contributed by atoms with van der Waals surface area (Å²) < 4.78 is 4.96. The van der Waals surface area contributed by atoms with Crippen LogP contribution in [0.3, 0.4) is 0 Å². The molecule has 164 valence electrons. The zero-order chi connectivity index (χ0) is 23.7. The number of rotatable bonds is 5. The average Bonchev–Trinajstić information content (AvgIpc) is 3.04. The van der Waals surface area contributed by atoms with Crippen LogP contribution < -0.4 is 15.0 Å². The molecule has 1 aliphatic rings. The standard InChI is InChI=1S/C24H16N2O7/c1-13(27)33-18-9-7-17(8-10-18)26-22(29)19-11-4-15(12-20(19)23(26)30)21(28)25-16-5-2-14(3-6-16)24(31)32/h2-12H,1H3,(H,25,28)(H,31,32). The number of carbonyl (C=O) groups is 5. The quantitative estimate of drug-likeness (QED) is 0.351. The van der Waals surface area contributed by atoms with Crippen LogP contribution in [0.5, 0.6) is 5.75 Å². The van der Waals surface area contributed by atoms with Crippen LogP contribution in [0, 0.1) is 0 Å². The van der Waals surface area contributed by atoms with Gasteiger partial charge in [-0.05, 0) is 66.7 Å². The van der Waals surface area contributed by atoms with E-state index in [1.165, 1.54) is 73.7 Å². The highest BCUT2D eigenvalue weighted by molar-refractivity contribution is 6.34. The van der Waals surface area contributed by atoms with Gasteiger partial charge in [0.15, 0.2) is 0 Å². The largest absolute Gasteiger partial charge is 0.478 e. The second-order valence-corrected chi connectivity index (χ2v) is 7.13. The van der Waals surface area contributed by atoms with Crippen molar-refractivity contribution >= 4 is 41.0 Å². The van der Waals surface area contributed by atoms with E-state index in [0.29, 0.717) is 11.4 Å². The van der Waals surface area contributed by atoms with Crippen molar-refractivity contribution in [2.75, 3.05) is 10.2 Å². The van der Waals surface area contributed by atoms with E-state index < -0.39 is 29.7 Å². The number of ether oxygens (including phenoxy) is 1. The van der Waals surface area contributed by atoms with Gasteiger partial charge in [-0.2, -0.15) is 0 Å². The number of anilines is 2. The Labute approximate surface area is 187 Å². The third-order valence-electron chi connectivity index (χ3n) is 4.89. The van der Waals surface area contributed by atoms with E-state index in [1.807, 2.05) is 0 Å². The summed E-state index contributed by atoms with van der Waals surface area (Å²) in [6, 6.07) is 15.7. The Morgan fingerprint density at radius 1 is 0.818 bits per heavy atom. The molecule has 0 atom stereocenters. The molecule has 0 saturated heterocycles. The van der Waals surface area contributed by atoms with Gasteiger partial charge >= 0.3 is 11.9 Å². The first-order valence-corrected chi connectivity index (χ1v) is 9.70. The lowest BCUT2D eigenvalue weighted by Gasteiger charge is -2.14. The number of fused-ring (bicyclic) bond motifs is 1. The molecule has 33 heavy (non-hydrogen) atoms. The molecule has 0 aliphatic carbocycles. The van der Waals surface area contributed by atoms with Gasteiger partial charge in [0.05, 0.1) is 22.4 Å². The number of carboxylic acid groups (broad SMARTS) is 1. The minimum Gasteiger partial charge on any atom is -0.478 e. The van der Waals surface area contributed by atoms with Crippen LogP contribution in [-0.2, 0) is 4.79 Å². The number of hydrogen-bond acceptors (Lipinski definition) is 6.